The number of rotatable bonds is 8. The summed E-state index contributed by atoms with van der Waals surface area (Å²) in [4.78, 5) is 23.0. The Labute approximate surface area is 118 Å². The molecule has 1 aromatic carbocycles. The van der Waals surface area contributed by atoms with E-state index >= 15 is 0 Å². The largest absolute Gasteiger partial charge is 0.466 e. The van der Waals surface area contributed by atoms with Crippen molar-refractivity contribution >= 4 is 23.4 Å². The van der Waals surface area contributed by atoms with Gasteiger partial charge in [0.1, 0.15) is 0 Å². The number of carbonyl (C=O) groups excluding carboxylic acids is 2. The number of benzene rings is 1. The summed E-state index contributed by atoms with van der Waals surface area (Å²) in [6.45, 7) is 2.21. The minimum absolute atomic E-state index is 0.0572. The van der Waals surface area contributed by atoms with Crippen molar-refractivity contribution in [1.82, 2.24) is 0 Å². The van der Waals surface area contributed by atoms with Crippen molar-refractivity contribution in [2.45, 2.75) is 39.0 Å². The van der Waals surface area contributed by atoms with Crippen LogP contribution in [0.25, 0.3) is 0 Å². The van der Waals surface area contributed by atoms with Crippen molar-refractivity contribution in [2.75, 3.05) is 6.61 Å². The van der Waals surface area contributed by atoms with Crippen molar-refractivity contribution in [3.63, 3.8) is 0 Å². The number of ketones is 1. The second-order valence-corrected chi connectivity index (χ2v) is 4.68. The lowest BCUT2D eigenvalue weighted by molar-refractivity contribution is -0.143. The summed E-state index contributed by atoms with van der Waals surface area (Å²) in [6, 6.07) is 7.07. The lowest BCUT2D eigenvalue weighted by Gasteiger charge is -2.04. The number of unbranched alkanes of at least 4 members (excludes halogenated alkanes) is 2. The number of esters is 1. The first-order chi connectivity index (χ1) is 9.15. The van der Waals surface area contributed by atoms with Crippen molar-refractivity contribution in [1.29, 1.82) is 0 Å². The Hall–Kier alpha value is -1.35. The molecule has 1 rings (SSSR count). The summed E-state index contributed by atoms with van der Waals surface area (Å²) in [7, 11) is 0. The highest BCUT2D eigenvalue weighted by Crippen LogP contribution is 2.18. The van der Waals surface area contributed by atoms with E-state index in [2.05, 4.69) is 0 Å². The molecular weight excluding hydrogens is 264 g/mol. The van der Waals surface area contributed by atoms with E-state index in [1.165, 1.54) is 0 Å². The Balaban J connectivity index is 2.21. The van der Waals surface area contributed by atoms with Crippen LogP contribution < -0.4 is 0 Å². The molecule has 0 aliphatic carbocycles. The third-order valence-corrected chi connectivity index (χ3v) is 3.09. The van der Waals surface area contributed by atoms with Crippen molar-refractivity contribution in [3.05, 3.63) is 34.9 Å². The number of carbonyl (C=O) groups is 2. The predicted molar refractivity (Wildman–Crippen MR) is 75.5 cm³/mol. The van der Waals surface area contributed by atoms with Gasteiger partial charge in [0, 0.05) is 18.4 Å². The van der Waals surface area contributed by atoms with Gasteiger partial charge in [-0.15, -0.1) is 0 Å². The number of hydrogen-bond donors (Lipinski definition) is 0. The monoisotopic (exact) mass is 282 g/mol. The zero-order valence-corrected chi connectivity index (χ0v) is 11.9. The molecule has 0 saturated carbocycles. The maximum Gasteiger partial charge on any atom is 0.305 e. The third-order valence-electron chi connectivity index (χ3n) is 2.76. The molecule has 0 fully saturated rings. The zero-order chi connectivity index (χ0) is 14.1. The summed E-state index contributed by atoms with van der Waals surface area (Å²) in [6.07, 6.45) is 3.26. The normalized spacial score (nSPS) is 10.2. The molecular formula is C15H19ClO3. The molecule has 0 aromatic heterocycles. The molecule has 0 aliphatic rings. The molecule has 4 heteroatoms. The first-order valence-electron chi connectivity index (χ1n) is 6.58. The SMILES string of the molecule is CCOC(=O)CCCCCC(=O)c1ccccc1Cl. The first kappa shape index (κ1) is 15.7. The van der Waals surface area contributed by atoms with Gasteiger partial charge in [-0.05, 0) is 31.9 Å². The Morgan fingerprint density at radius 2 is 1.79 bits per heavy atom. The van der Waals surface area contributed by atoms with Gasteiger partial charge in [-0.3, -0.25) is 9.59 Å². The molecule has 0 spiro atoms. The van der Waals surface area contributed by atoms with Crippen LogP contribution in [0.1, 0.15) is 49.4 Å². The van der Waals surface area contributed by atoms with Gasteiger partial charge in [-0.25, -0.2) is 0 Å². The van der Waals surface area contributed by atoms with Gasteiger partial charge in [-0.2, -0.15) is 0 Å². The highest BCUT2D eigenvalue weighted by Gasteiger charge is 2.09. The van der Waals surface area contributed by atoms with Gasteiger partial charge in [0.2, 0.25) is 0 Å². The average molecular weight is 283 g/mol. The summed E-state index contributed by atoms with van der Waals surface area (Å²) in [5.41, 5.74) is 0.578. The van der Waals surface area contributed by atoms with E-state index in [1.807, 2.05) is 0 Å². The molecule has 0 heterocycles. The molecule has 0 bridgehead atoms. The topological polar surface area (TPSA) is 43.4 Å². The highest BCUT2D eigenvalue weighted by molar-refractivity contribution is 6.33. The number of ether oxygens (including phenoxy) is 1. The van der Waals surface area contributed by atoms with E-state index in [0.29, 0.717) is 30.0 Å². The molecule has 3 nitrogen and oxygen atoms in total. The molecule has 0 radical (unpaired) electrons. The summed E-state index contributed by atoms with van der Waals surface area (Å²) < 4.78 is 4.83. The smallest absolute Gasteiger partial charge is 0.305 e. The van der Waals surface area contributed by atoms with Gasteiger partial charge in [0.05, 0.1) is 11.6 Å². The number of Topliss-reactive ketones (excluding diaryl/α,β-unsaturated/α-hetero) is 1. The minimum atomic E-state index is -0.167. The molecule has 0 atom stereocenters. The van der Waals surface area contributed by atoms with E-state index in [-0.39, 0.29) is 11.8 Å². The van der Waals surface area contributed by atoms with Crippen LogP contribution in [0.4, 0.5) is 0 Å². The van der Waals surface area contributed by atoms with Crippen LogP contribution >= 0.6 is 11.6 Å². The van der Waals surface area contributed by atoms with E-state index in [4.69, 9.17) is 16.3 Å². The number of halogens is 1. The summed E-state index contributed by atoms with van der Waals surface area (Å²) in [5, 5.41) is 0.499. The molecule has 0 N–H and O–H groups in total. The van der Waals surface area contributed by atoms with Gasteiger partial charge < -0.3 is 4.74 Å². The van der Waals surface area contributed by atoms with E-state index in [1.54, 1.807) is 31.2 Å². The van der Waals surface area contributed by atoms with E-state index < -0.39 is 0 Å². The maximum absolute atomic E-state index is 11.9. The summed E-state index contributed by atoms with van der Waals surface area (Å²) in [5.74, 6) is -0.110. The van der Waals surface area contributed by atoms with Crippen molar-refractivity contribution in [2.24, 2.45) is 0 Å². The second kappa shape index (κ2) is 8.70. The van der Waals surface area contributed by atoms with Crippen LogP contribution in [0, 0.1) is 0 Å². The van der Waals surface area contributed by atoms with Gasteiger partial charge in [0.25, 0.3) is 0 Å². The molecule has 19 heavy (non-hydrogen) atoms. The number of hydrogen-bond acceptors (Lipinski definition) is 3. The fourth-order valence-corrected chi connectivity index (χ4v) is 2.03. The van der Waals surface area contributed by atoms with Crippen LogP contribution in [0.15, 0.2) is 24.3 Å². The molecule has 0 aliphatic heterocycles. The lowest BCUT2D eigenvalue weighted by atomic mass is 10.0. The van der Waals surface area contributed by atoms with Crippen molar-refractivity contribution < 1.29 is 14.3 Å². The fraction of sp³-hybridized carbons (Fsp3) is 0.467. The fourth-order valence-electron chi connectivity index (χ4n) is 1.79. The first-order valence-corrected chi connectivity index (χ1v) is 6.96. The average Bonchev–Trinajstić information content (AvgIpc) is 2.39. The predicted octanol–water partition coefficient (Wildman–Crippen LogP) is 4.04. The minimum Gasteiger partial charge on any atom is -0.466 e. The van der Waals surface area contributed by atoms with Crippen LogP contribution in [-0.2, 0) is 9.53 Å². The molecule has 104 valence electrons. The Kier molecular flexibility index (Phi) is 7.19. The van der Waals surface area contributed by atoms with Crippen molar-refractivity contribution in [3.8, 4) is 0 Å². The van der Waals surface area contributed by atoms with Crippen LogP contribution in [0.5, 0.6) is 0 Å². The maximum atomic E-state index is 11.9. The van der Waals surface area contributed by atoms with Gasteiger partial charge >= 0.3 is 5.97 Å². The molecule has 0 amide bonds. The Morgan fingerprint density at radius 1 is 1.11 bits per heavy atom. The molecule has 0 saturated heterocycles. The van der Waals surface area contributed by atoms with Gasteiger partial charge in [-0.1, -0.05) is 30.2 Å². The van der Waals surface area contributed by atoms with Gasteiger partial charge in [0.15, 0.2) is 5.78 Å². The zero-order valence-electron chi connectivity index (χ0n) is 11.2. The summed E-state index contributed by atoms with van der Waals surface area (Å²) >= 11 is 5.95. The van der Waals surface area contributed by atoms with Crippen LogP contribution in [-0.4, -0.2) is 18.4 Å². The highest BCUT2D eigenvalue weighted by atomic mass is 35.5. The van der Waals surface area contributed by atoms with Crippen LogP contribution in [0.2, 0.25) is 5.02 Å². The molecule has 1 aromatic rings. The Bertz CT molecular complexity index is 429. The third kappa shape index (κ3) is 5.88. The lowest BCUT2D eigenvalue weighted by Crippen LogP contribution is -2.04. The Morgan fingerprint density at radius 3 is 2.47 bits per heavy atom. The quantitative estimate of drug-likeness (QED) is 0.411. The van der Waals surface area contributed by atoms with E-state index in [0.717, 1.165) is 19.3 Å². The standard InChI is InChI=1S/C15H19ClO3/c1-2-19-15(18)11-5-3-4-10-14(17)12-8-6-7-9-13(12)16/h6-9H,2-5,10-11H2,1H3. The molecule has 0 unspecified atom stereocenters. The van der Waals surface area contributed by atoms with E-state index in [9.17, 15) is 9.59 Å². The second-order valence-electron chi connectivity index (χ2n) is 4.27. The van der Waals surface area contributed by atoms with Crippen LogP contribution in [0.3, 0.4) is 0 Å².